The van der Waals surface area contributed by atoms with Crippen molar-refractivity contribution in [2.24, 2.45) is 17.8 Å². The molecule has 3 fully saturated rings. The number of hydrogen-bond acceptors (Lipinski definition) is 6. The standard InChI is InChI=1S/C25H32FN5O2/c1-27-25(32)21-3-2-17(12-22(21)26)23-4-5-24(30-29-23)28-20-10-18-14-31(15-19(18)11-20)13-16-6-8-33-9-7-16/h2-5,12,16,18-20H,6-11,13-15H2,1H3,(H,27,32)(H,28,30)/t18-,19+,20?/i13D2. The summed E-state index contributed by atoms with van der Waals surface area (Å²) >= 11 is 0. The van der Waals surface area contributed by atoms with Crippen LogP contribution in [0.4, 0.5) is 10.2 Å². The number of aromatic nitrogens is 2. The number of likely N-dealkylation sites (tertiary alicyclic amines) is 1. The van der Waals surface area contributed by atoms with Gasteiger partial charge in [-0.15, -0.1) is 10.2 Å². The normalized spacial score (nSPS) is 27.0. The highest BCUT2D eigenvalue weighted by Crippen LogP contribution is 2.39. The molecule has 8 heteroatoms. The molecule has 0 bridgehead atoms. The Kier molecular flexibility index (Phi) is 5.85. The van der Waals surface area contributed by atoms with E-state index in [1.54, 1.807) is 12.1 Å². The van der Waals surface area contributed by atoms with Crippen molar-refractivity contribution in [2.45, 2.75) is 31.7 Å². The van der Waals surface area contributed by atoms with Gasteiger partial charge in [0.15, 0.2) is 0 Å². The van der Waals surface area contributed by atoms with E-state index in [0.717, 1.165) is 38.8 Å². The van der Waals surface area contributed by atoms with Crippen molar-refractivity contribution in [2.75, 3.05) is 45.2 Å². The monoisotopic (exact) mass is 455 g/mol. The van der Waals surface area contributed by atoms with E-state index in [9.17, 15) is 9.18 Å². The molecule has 2 saturated heterocycles. The predicted octanol–water partition coefficient (Wildman–Crippen LogP) is 3.19. The molecule has 1 aromatic heterocycles. The van der Waals surface area contributed by atoms with Crippen LogP contribution in [0.25, 0.3) is 11.3 Å². The molecule has 176 valence electrons. The van der Waals surface area contributed by atoms with Crippen LogP contribution in [0.15, 0.2) is 30.3 Å². The van der Waals surface area contributed by atoms with Crippen LogP contribution in [0.2, 0.25) is 0 Å². The molecule has 3 atom stereocenters. The summed E-state index contributed by atoms with van der Waals surface area (Å²) < 4.78 is 37.2. The second-order valence-electron chi connectivity index (χ2n) is 9.33. The number of ether oxygens (including phenoxy) is 1. The van der Waals surface area contributed by atoms with Gasteiger partial charge in [0.05, 0.1) is 11.3 Å². The Bertz CT molecular complexity index is 1050. The van der Waals surface area contributed by atoms with Crippen molar-refractivity contribution in [3.05, 3.63) is 41.7 Å². The fourth-order valence-electron chi connectivity index (χ4n) is 5.37. The third-order valence-corrected chi connectivity index (χ3v) is 7.09. The lowest BCUT2D eigenvalue weighted by molar-refractivity contribution is 0.0545. The van der Waals surface area contributed by atoms with Crippen LogP contribution in [0.3, 0.4) is 0 Å². The van der Waals surface area contributed by atoms with Gasteiger partial charge in [0.25, 0.3) is 5.91 Å². The number of anilines is 1. The lowest BCUT2D eigenvalue weighted by atomic mass is 10.00. The average molecular weight is 456 g/mol. The second-order valence-corrected chi connectivity index (χ2v) is 9.33. The molecule has 0 spiro atoms. The van der Waals surface area contributed by atoms with Crippen LogP contribution in [0, 0.1) is 23.6 Å². The van der Waals surface area contributed by atoms with Crippen molar-refractivity contribution in [3.63, 3.8) is 0 Å². The molecule has 33 heavy (non-hydrogen) atoms. The quantitative estimate of drug-likeness (QED) is 0.697. The van der Waals surface area contributed by atoms with E-state index < -0.39 is 18.2 Å². The number of rotatable bonds is 6. The Balaban J connectivity index is 1.16. The number of carbonyl (C=O) groups excluding carboxylic acids is 1. The van der Waals surface area contributed by atoms with E-state index in [2.05, 4.69) is 25.7 Å². The summed E-state index contributed by atoms with van der Waals surface area (Å²) in [4.78, 5) is 13.8. The third-order valence-electron chi connectivity index (χ3n) is 7.09. The second kappa shape index (κ2) is 9.73. The first-order chi connectivity index (χ1) is 16.8. The first-order valence-corrected chi connectivity index (χ1v) is 11.8. The summed E-state index contributed by atoms with van der Waals surface area (Å²) in [7, 11) is 1.46. The van der Waals surface area contributed by atoms with E-state index in [1.807, 2.05) is 6.07 Å². The SMILES string of the molecule is [2H]C([2H])(C1CCOCC1)N1C[C@H]2CC(Nc3ccc(-c4ccc(C(=O)NC)c(F)c4)nn3)C[C@H]2C1. The zero-order valence-electron chi connectivity index (χ0n) is 20.9. The summed E-state index contributed by atoms with van der Waals surface area (Å²) in [6.45, 7) is 1.65. The minimum absolute atomic E-state index is 0.00586. The van der Waals surface area contributed by atoms with E-state index in [1.165, 1.54) is 19.2 Å². The Morgan fingerprint density at radius 1 is 1.18 bits per heavy atom. The first kappa shape index (κ1) is 19.9. The van der Waals surface area contributed by atoms with Gasteiger partial charge in [0.2, 0.25) is 0 Å². The molecule has 7 nitrogen and oxygen atoms in total. The minimum Gasteiger partial charge on any atom is -0.381 e. The number of halogens is 1. The summed E-state index contributed by atoms with van der Waals surface area (Å²) in [5.74, 6) is 0.622. The maximum atomic E-state index is 14.3. The summed E-state index contributed by atoms with van der Waals surface area (Å²) in [5, 5.41) is 14.4. The van der Waals surface area contributed by atoms with Crippen LogP contribution < -0.4 is 10.6 Å². The molecule has 3 heterocycles. The highest BCUT2D eigenvalue weighted by molar-refractivity contribution is 5.94. The van der Waals surface area contributed by atoms with Gasteiger partial charge in [-0.2, -0.15) is 0 Å². The van der Waals surface area contributed by atoms with Gasteiger partial charge in [-0.25, -0.2) is 4.39 Å². The van der Waals surface area contributed by atoms with Crippen molar-refractivity contribution < 1.29 is 16.7 Å². The number of fused-ring (bicyclic) bond motifs is 1. The van der Waals surface area contributed by atoms with Crippen LogP contribution in [0.5, 0.6) is 0 Å². The van der Waals surface area contributed by atoms with E-state index in [4.69, 9.17) is 7.48 Å². The molecule has 1 aliphatic carbocycles. The Hall–Kier alpha value is -2.58. The number of nitrogens with one attached hydrogen (secondary N) is 2. The fraction of sp³-hybridized carbons (Fsp3) is 0.560. The number of hydrogen-bond donors (Lipinski definition) is 2. The lowest BCUT2D eigenvalue weighted by Crippen LogP contribution is -2.32. The molecule has 5 rings (SSSR count). The smallest absolute Gasteiger partial charge is 0.253 e. The van der Waals surface area contributed by atoms with Gasteiger partial charge in [0, 0.05) is 54.2 Å². The number of benzene rings is 1. The molecule has 2 N–H and O–H groups in total. The largest absolute Gasteiger partial charge is 0.381 e. The molecule has 1 amide bonds. The lowest BCUT2D eigenvalue weighted by Gasteiger charge is -2.27. The third kappa shape index (κ3) is 5.01. The van der Waals surface area contributed by atoms with Crippen molar-refractivity contribution in [3.8, 4) is 11.3 Å². The van der Waals surface area contributed by atoms with Crippen molar-refractivity contribution in [1.82, 2.24) is 20.4 Å². The molecular weight excluding hydrogens is 421 g/mol. The van der Waals surface area contributed by atoms with Crippen LogP contribution in [-0.4, -0.2) is 66.9 Å². The minimum atomic E-state index is -1.27. The van der Waals surface area contributed by atoms with Crippen molar-refractivity contribution >= 4 is 11.7 Å². The predicted molar refractivity (Wildman–Crippen MR) is 124 cm³/mol. The van der Waals surface area contributed by atoms with Gasteiger partial charge >= 0.3 is 0 Å². The zero-order chi connectivity index (χ0) is 24.6. The van der Waals surface area contributed by atoms with Crippen LogP contribution in [-0.2, 0) is 4.74 Å². The van der Waals surface area contributed by atoms with Crippen molar-refractivity contribution in [1.29, 1.82) is 0 Å². The van der Waals surface area contributed by atoms with Crippen LogP contribution >= 0.6 is 0 Å². The fourth-order valence-corrected chi connectivity index (χ4v) is 5.37. The van der Waals surface area contributed by atoms with Gasteiger partial charge < -0.3 is 20.3 Å². The highest BCUT2D eigenvalue weighted by atomic mass is 19.1. The number of amides is 1. The highest BCUT2D eigenvalue weighted by Gasteiger charge is 2.41. The molecule has 1 unspecified atom stereocenters. The zero-order valence-corrected chi connectivity index (χ0v) is 18.9. The maximum absolute atomic E-state index is 14.3. The molecule has 2 aromatic rings. The van der Waals surface area contributed by atoms with Gasteiger partial charge in [-0.1, -0.05) is 6.07 Å². The molecule has 1 saturated carbocycles. The van der Waals surface area contributed by atoms with Gasteiger partial charge in [0.1, 0.15) is 11.6 Å². The summed E-state index contributed by atoms with van der Waals surface area (Å²) in [5.41, 5.74) is 1.09. The van der Waals surface area contributed by atoms with Gasteiger partial charge in [-0.3, -0.25) is 4.79 Å². The topological polar surface area (TPSA) is 79.4 Å². The Morgan fingerprint density at radius 2 is 1.94 bits per heavy atom. The number of carbonyl (C=O) groups is 1. The van der Waals surface area contributed by atoms with E-state index >= 15 is 0 Å². The molecular formula is C25H32FN5O2. The summed E-state index contributed by atoms with van der Waals surface area (Å²) in [6.07, 6.45) is 3.56. The van der Waals surface area contributed by atoms with Gasteiger partial charge in [-0.05, 0) is 67.7 Å². The Morgan fingerprint density at radius 3 is 2.58 bits per heavy atom. The van der Waals surface area contributed by atoms with E-state index in [-0.39, 0.29) is 17.5 Å². The number of nitrogens with zero attached hydrogens (tertiary/aromatic N) is 3. The first-order valence-electron chi connectivity index (χ1n) is 12.8. The van der Waals surface area contributed by atoms with Crippen LogP contribution in [0.1, 0.15) is 38.8 Å². The average Bonchev–Trinajstić information content (AvgIpc) is 3.44. The Labute approximate surface area is 196 Å². The molecule has 1 aromatic carbocycles. The molecule has 0 radical (unpaired) electrons. The molecule has 2 aliphatic heterocycles. The summed E-state index contributed by atoms with van der Waals surface area (Å²) in [6, 6.07) is 8.33. The van der Waals surface area contributed by atoms with E-state index in [0.29, 0.717) is 42.1 Å². The molecule has 3 aliphatic rings. The maximum Gasteiger partial charge on any atom is 0.253 e.